The number of nitrogen functional groups attached to an aromatic ring is 1. The molecule has 0 spiro atoms. The minimum atomic E-state index is -4.93. The lowest BCUT2D eigenvalue weighted by Gasteiger charge is -2.15. The van der Waals surface area contributed by atoms with Crippen molar-refractivity contribution in [3.05, 3.63) is 64.8 Å². The number of nitrogens with zero attached hydrogens (tertiary/aromatic N) is 4. The number of nitrogens with one attached hydrogen (secondary N) is 1. The molecule has 188 valence electrons. The number of amides is 1. The number of carbonyl (C=O) groups is 1. The lowest BCUT2D eigenvalue weighted by Crippen LogP contribution is -2.19. The Bertz CT molecular complexity index is 1470. The molecule has 0 aliphatic heterocycles. The van der Waals surface area contributed by atoms with Crippen LogP contribution in [0.25, 0.3) is 22.2 Å². The third kappa shape index (κ3) is 4.95. The largest absolute Gasteiger partial charge is 0.416 e. The van der Waals surface area contributed by atoms with Crippen LogP contribution in [0.15, 0.2) is 42.6 Å². The fourth-order valence-corrected chi connectivity index (χ4v) is 3.87. The molecule has 4 rings (SSSR count). The van der Waals surface area contributed by atoms with Gasteiger partial charge in [0.1, 0.15) is 0 Å². The molecule has 2 heterocycles. The summed E-state index contributed by atoms with van der Waals surface area (Å²) in [6, 6.07) is 5.99. The van der Waals surface area contributed by atoms with E-state index in [1.54, 1.807) is 25.4 Å². The van der Waals surface area contributed by atoms with Gasteiger partial charge in [-0.1, -0.05) is 6.07 Å². The summed E-state index contributed by atoms with van der Waals surface area (Å²) < 4.78 is 80.5. The van der Waals surface area contributed by atoms with Crippen molar-refractivity contribution in [1.82, 2.24) is 19.7 Å². The summed E-state index contributed by atoms with van der Waals surface area (Å²) >= 11 is 0. The number of rotatable bonds is 4. The van der Waals surface area contributed by atoms with E-state index in [4.69, 9.17) is 5.73 Å². The Morgan fingerprint density at radius 2 is 1.78 bits per heavy atom. The van der Waals surface area contributed by atoms with Crippen molar-refractivity contribution in [2.45, 2.75) is 25.7 Å². The maximum absolute atomic E-state index is 13.3. The Labute approximate surface area is 200 Å². The van der Waals surface area contributed by atoms with E-state index in [9.17, 15) is 31.1 Å². The summed E-state index contributed by atoms with van der Waals surface area (Å²) in [6.07, 6.45) is -9.15. The fraction of sp³-hybridized carbons (Fsp3) is 0.217. The van der Waals surface area contributed by atoms with Crippen LogP contribution >= 0.6 is 0 Å². The number of anilines is 2. The predicted molar refractivity (Wildman–Crippen MR) is 120 cm³/mol. The molecule has 7 nitrogen and oxygen atoms in total. The fourth-order valence-electron chi connectivity index (χ4n) is 3.87. The molecule has 0 unspecified atom stereocenters. The molecule has 0 aliphatic carbocycles. The smallest absolute Gasteiger partial charge is 0.368 e. The monoisotopic (exact) mass is 508 g/mol. The highest BCUT2D eigenvalue weighted by atomic mass is 19.4. The van der Waals surface area contributed by atoms with Gasteiger partial charge in [-0.05, 0) is 42.3 Å². The van der Waals surface area contributed by atoms with Crippen molar-refractivity contribution in [1.29, 1.82) is 0 Å². The second kappa shape index (κ2) is 8.81. The van der Waals surface area contributed by atoms with Gasteiger partial charge in [-0.3, -0.25) is 9.48 Å². The molecule has 13 heteroatoms. The predicted octanol–water partition coefficient (Wildman–Crippen LogP) is 5.14. The number of hydrogen-bond donors (Lipinski definition) is 2. The topological polar surface area (TPSA) is 98.7 Å². The highest BCUT2D eigenvalue weighted by Crippen LogP contribution is 2.37. The Kier molecular flexibility index (Phi) is 6.10. The zero-order chi connectivity index (χ0) is 26.4. The van der Waals surface area contributed by atoms with Crippen LogP contribution in [0.4, 0.5) is 38.1 Å². The van der Waals surface area contributed by atoms with Crippen LogP contribution in [0.1, 0.15) is 22.3 Å². The molecule has 4 aromatic rings. The highest BCUT2D eigenvalue weighted by molar-refractivity contribution is 5.93. The number of halogens is 6. The van der Waals surface area contributed by atoms with Gasteiger partial charge in [0.2, 0.25) is 11.9 Å². The summed E-state index contributed by atoms with van der Waals surface area (Å²) in [4.78, 5) is 20.7. The minimum absolute atomic E-state index is 0.0195. The molecule has 0 saturated carbocycles. The van der Waals surface area contributed by atoms with E-state index in [0.29, 0.717) is 29.4 Å². The van der Waals surface area contributed by atoms with Gasteiger partial charge >= 0.3 is 12.4 Å². The van der Waals surface area contributed by atoms with Crippen molar-refractivity contribution < 1.29 is 31.1 Å². The van der Waals surface area contributed by atoms with E-state index in [1.807, 2.05) is 6.92 Å². The van der Waals surface area contributed by atoms with Crippen molar-refractivity contribution in [3.8, 4) is 11.3 Å². The zero-order valence-electron chi connectivity index (χ0n) is 18.8. The standard InChI is InChI=1S/C23H18F6N6O/c1-11-14(4-6-17-15(11)10-31-21(30)32-17)18-9-19(34-35(18)2)33-20(36)8-12-7-13(22(24,25)26)3-5-16(12)23(27,28)29/h3-7,9-10H,8H2,1-2H3,(H2,30,31,32)(H,33,34,36). The first-order valence-electron chi connectivity index (χ1n) is 10.4. The molecule has 2 aromatic heterocycles. The molecular weight excluding hydrogens is 490 g/mol. The number of aryl methyl sites for hydroxylation is 2. The van der Waals surface area contributed by atoms with Crippen LogP contribution in [-0.2, 0) is 30.6 Å². The van der Waals surface area contributed by atoms with Crippen molar-refractivity contribution in [3.63, 3.8) is 0 Å². The van der Waals surface area contributed by atoms with Crippen LogP contribution < -0.4 is 11.1 Å². The average molecular weight is 508 g/mol. The third-order valence-electron chi connectivity index (χ3n) is 5.56. The van der Waals surface area contributed by atoms with Crippen LogP contribution in [0, 0.1) is 6.92 Å². The van der Waals surface area contributed by atoms with E-state index < -0.39 is 41.4 Å². The van der Waals surface area contributed by atoms with Crippen molar-refractivity contribution >= 4 is 28.6 Å². The first kappa shape index (κ1) is 24.9. The Hall–Kier alpha value is -4.16. The van der Waals surface area contributed by atoms with E-state index in [0.717, 1.165) is 16.5 Å². The van der Waals surface area contributed by atoms with E-state index in [2.05, 4.69) is 20.4 Å². The molecule has 0 radical (unpaired) electrons. The normalized spacial score (nSPS) is 12.2. The summed E-state index contributed by atoms with van der Waals surface area (Å²) in [6.45, 7) is 1.83. The molecule has 36 heavy (non-hydrogen) atoms. The second-order valence-electron chi connectivity index (χ2n) is 8.03. The first-order valence-corrected chi connectivity index (χ1v) is 10.4. The minimum Gasteiger partial charge on any atom is -0.368 e. The van der Waals surface area contributed by atoms with Crippen LogP contribution in [0.5, 0.6) is 0 Å². The van der Waals surface area contributed by atoms with E-state index in [1.165, 1.54) is 10.7 Å². The van der Waals surface area contributed by atoms with Gasteiger partial charge in [-0.2, -0.15) is 31.4 Å². The molecule has 1 amide bonds. The first-order chi connectivity index (χ1) is 16.7. The summed E-state index contributed by atoms with van der Waals surface area (Å²) in [5.41, 5.74) is 4.94. The number of fused-ring (bicyclic) bond motifs is 1. The number of aromatic nitrogens is 4. The molecule has 0 saturated heterocycles. The van der Waals surface area contributed by atoms with Gasteiger partial charge in [0.25, 0.3) is 0 Å². The molecule has 2 aromatic carbocycles. The van der Waals surface area contributed by atoms with E-state index in [-0.39, 0.29) is 11.8 Å². The number of carbonyl (C=O) groups excluding carboxylic acids is 1. The average Bonchev–Trinajstić information content (AvgIpc) is 3.11. The Morgan fingerprint density at radius 3 is 2.44 bits per heavy atom. The maximum atomic E-state index is 13.3. The van der Waals surface area contributed by atoms with Crippen molar-refractivity contribution in [2.75, 3.05) is 11.1 Å². The van der Waals surface area contributed by atoms with Gasteiger partial charge in [-0.25, -0.2) is 9.97 Å². The molecule has 0 aliphatic rings. The number of nitrogens with two attached hydrogens (primary N) is 1. The number of alkyl halides is 6. The van der Waals surface area contributed by atoms with Crippen LogP contribution in [0.3, 0.4) is 0 Å². The lowest BCUT2D eigenvalue weighted by molar-refractivity contribution is -0.142. The zero-order valence-corrected chi connectivity index (χ0v) is 18.8. The van der Waals surface area contributed by atoms with Crippen molar-refractivity contribution in [2.24, 2.45) is 7.05 Å². The molecule has 3 N–H and O–H groups in total. The molecule has 0 bridgehead atoms. The Morgan fingerprint density at radius 1 is 1.06 bits per heavy atom. The second-order valence-corrected chi connectivity index (χ2v) is 8.03. The SMILES string of the molecule is Cc1c(-c2cc(NC(=O)Cc3cc(C(F)(F)F)ccc3C(F)(F)F)nn2C)ccc2nc(N)ncc12. The van der Waals surface area contributed by atoms with Gasteiger partial charge in [0.15, 0.2) is 5.82 Å². The summed E-state index contributed by atoms with van der Waals surface area (Å²) in [7, 11) is 1.60. The number of hydrogen-bond acceptors (Lipinski definition) is 5. The molecule has 0 fully saturated rings. The van der Waals surface area contributed by atoms with E-state index >= 15 is 0 Å². The van der Waals surface area contributed by atoms with Crippen LogP contribution in [0.2, 0.25) is 0 Å². The van der Waals surface area contributed by atoms with Crippen LogP contribution in [-0.4, -0.2) is 25.7 Å². The van der Waals surface area contributed by atoms with Gasteiger partial charge in [0, 0.05) is 30.3 Å². The quantitative estimate of drug-likeness (QED) is 0.372. The molecular formula is C23H18F6N6O. The highest BCUT2D eigenvalue weighted by Gasteiger charge is 2.37. The van der Waals surface area contributed by atoms with Gasteiger partial charge in [-0.15, -0.1) is 0 Å². The van der Waals surface area contributed by atoms with Gasteiger partial charge < -0.3 is 11.1 Å². The summed E-state index contributed by atoms with van der Waals surface area (Å²) in [5.74, 6) is -0.815. The third-order valence-corrected chi connectivity index (χ3v) is 5.56. The Balaban J connectivity index is 1.61. The van der Waals surface area contributed by atoms with Gasteiger partial charge in [0.05, 0.1) is 28.8 Å². The summed E-state index contributed by atoms with van der Waals surface area (Å²) in [5, 5.41) is 7.26. The molecule has 0 atom stereocenters. The number of benzene rings is 2. The lowest BCUT2D eigenvalue weighted by atomic mass is 10.00. The maximum Gasteiger partial charge on any atom is 0.416 e.